The minimum Gasteiger partial charge on any atom is -0.323 e. The third-order valence-electron chi connectivity index (χ3n) is 4.68. The second-order valence-electron chi connectivity index (χ2n) is 7.00. The molecule has 0 fully saturated rings. The third-order valence-corrected chi connectivity index (χ3v) is 6.06. The summed E-state index contributed by atoms with van der Waals surface area (Å²) in [6, 6.07) is 17.6. The van der Waals surface area contributed by atoms with E-state index in [0.717, 1.165) is 28.6 Å². The van der Waals surface area contributed by atoms with E-state index in [1.165, 1.54) is 30.3 Å². The molecule has 6 nitrogen and oxygen atoms in total. The first-order valence-corrected chi connectivity index (χ1v) is 11.2. The smallest absolute Gasteiger partial charge is 0.261 e. The molecule has 0 saturated carbocycles. The van der Waals surface area contributed by atoms with Gasteiger partial charge in [-0.3, -0.25) is 14.5 Å². The van der Waals surface area contributed by atoms with Crippen molar-refractivity contribution in [2.24, 2.45) is 0 Å². The zero-order valence-corrected chi connectivity index (χ0v) is 17.8. The Balaban J connectivity index is 1.42. The molecule has 0 atom stereocenters. The zero-order chi connectivity index (χ0) is 23.4. The van der Waals surface area contributed by atoms with Crippen LogP contribution in [0, 0.1) is 11.6 Å². The van der Waals surface area contributed by atoms with Crippen LogP contribution in [0.5, 0.6) is 0 Å². The first kappa shape index (κ1) is 22.1. The largest absolute Gasteiger partial charge is 0.323 e. The Hall–Kier alpha value is -4.11. The Kier molecular flexibility index (Phi) is 6.14. The molecule has 0 radical (unpaired) electrons. The fourth-order valence-corrected chi connectivity index (χ4v) is 4.16. The zero-order valence-electron chi connectivity index (χ0n) is 17.0. The summed E-state index contributed by atoms with van der Waals surface area (Å²) in [5.41, 5.74) is 2.21. The van der Waals surface area contributed by atoms with Crippen LogP contribution in [0.2, 0.25) is 0 Å². The van der Waals surface area contributed by atoms with Crippen molar-refractivity contribution in [2.45, 2.75) is 4.90 Å². The summed E-state index contributed by atoms with van der Waals surface area (Å²) in [6.45, 7) is 0. The summed E-state index contributed by atoms with van der Waals surface area (Å²) in [5, 5.41) is 3.64. The van der Waals surface area contributed by atoms with E-state index in [0.29, 0.717) is 11.8 Å². The topological polar surface area (TPSA) is 88.2 Å². The van der Waals surface area contributed by atoms with Crippen LogP contribution in [-0.4, -0.2) is 19.3 Å². The van der Waals surface area contributed by atoms with E-state index in [2.05, 4.69) is 15.0 Å². The number of pyridine rings is 1. The molecule has 2 N–H and O–H groups in total. The molecule has 33 heavy (non-hydrogen) atoms. The summed E-state index contributed by atoms with van der Waals surface area (Å²) < 4.78 is 53.4. The van der Waals surface area contributed by atoms with Gasteiger partial charge < -0.3 is 5.32 Å². The molecule has 0 unspecified atom stereocenters. The number of para-hydroxylation sites is 1. The average Bonchev–Trinajstić information content (AvgIpc) is 2.80. The van der Waals surface area contributed by atoms with Gasteiger partial charge in [-0.2, -0.15) is 0 Å². The van der Waals surface area contributed by atoms with Crippen LogP contribution in [0.3, 0.4) is 0 Å². The summed E-state index contributed by atoms with van der Waals surface area (Å²) >= 11 is 0. The number of amides is 1. The number of carbonyl (C=O) groups excluding carboxylic acids is 1. The lowest BCUT2D eigenvalue weighted by Gasteiger charge is -2.09. The highest BCUT2D eigenvalue weighted by Gasteiger charge is 2.16. The van der Waals surface area contributed by atoms with Crippen molar-refractivity contribution in [3.05, 3.63) is 102 Å². The monoisotopic (exact) mass is 465 g/mol. The quantitative estimate of drug-likeness (QED) is 0.394. The van der Waals surface area contributed by atoms with E-state index in [-0.39, 0.29) is 11.6 Å². The number of halogens is 2. The number of nitrogens with zero attached hydrogens (tertiary/aromatic N) is 1. The van der Waals surface area contributed by atoms with Crippen LogP contribution in [-0.2, 0) is 14.8 Å². The number of rotatable bonds is 6. The van der Waals surface area contributed by atoms with Gasteiger partial charge in [0.25, 0.3) is 10.0 Å². The summed E-state index contributed by atoms with van der Waals surface area (Å²) in [7, 11) is -4.11. The normalized spacial score (nSPS) is 11.6. The molecule has 1 aromatic heterocycles. The number of nitrogens with one attached hydrogen (secondary N) is 2. The fourth-order valence-electron chi connectivity index (χ4n) is 3.09. The van der Waals surface area contributed by atoms with E-state index in [4.69, 9.17) is 0 Å². The van der Waals surface area contributed by atoms with Gasteiger partial charge in [0.1, 0.15) is 0 Å². The third kappa shape index (κ3) is 5.21. The van der Waals surface area contributed by atoms with Crippen LogP contribution < -0.4 is 10.0 Å². The number of hydrogen-bond donors (Lipinski definition) is 2. The van der Waals surface area contributed by atoms with Crippen molar-refractivity contribution >= 4 is 44.3 Å². The van der Waals surface area contributed by atoms with Gasteiger partial charge >= 0.3 is 0 Å². The number of aromatic nitrogens is 1. The molecule has 1 heterocycles. The number of sulfonamides is 1. The minimum atomic E-state index is -4.11. The Morgan fingerprint density at radius 3 is 2.36 bits per heavy atom. The summed E-state index contributed by atoms with van der Waals surface area (Å²) in [6.07, 6.45) is 4.72. The average molecular weight is 465 g/mol. The highest BCUT2D eigenvalue weighted by molar-refractivity contribution is 7.92. The molecule has 3 aromatic carbocycles. The maximum atomic E-state index is 13.4. The maximum Gasteiger partial charge on any atom is 0.261 e. The van der Waals surface area contributed by atoms with Gasteiger partial charge in [0.05, 0.1) is 10.4 Å². The standard InChI is InChI=1S/C24H17F2N3O3S/c25-21-12-11-20(15-22(21)26)33(31,32)29-19-9-7-18(8-10-19)28-23(30)13-6-17-4-1-3-16-5-2-14-27-24(16)17/h1-15,29H,(H,28,30)/b13-6+. The van der Waals surface area contributed by atoms with Crippen molar-refractivity contribution in [3.8, 4) is 0 Å². The molecule has 4 rings (SSSR count). The van der Waals surface area contributed by atoms with Crippen LogP contribution in [0.4, 0.5) is 20.2 Å². The first-order valence-electron chi connectivity index (χ1n) is 9.72. The second-order valence-corrected chi connectivity index (χ2v) is 8.69. The maximum absolute atomic E-state index is 13.4. The molecule has 1 amide bonds. The molecule has 166 valence electrons. The molecule has 0 saturated heterocycles. The van der Waals surface area contributed by atoms with Crippen LogP contribution in [0.15, 0.2) is 90.0 Å². The van der Waals surface area contributed by atoms with Gasteiger partial charge in [-0.15, -0.1) is 0 Å². The van der Waals surface area contributed by atoms with Crippen molar-refractivity contribution in [1.82, 2.24) is 4.98 Å². The molecule has 0 aliphatic rings. The van der Waals surface area contributed by atoms with Crippen LogP contribution in [0.25, 0.3) is 17.0 Å². The van der Waals surface area contributed by atoms with Crippen molar-refractivity contribution < 1.29 is 22.0 Å². The lowest BCUT2D eigenvalue weighted by Crippen LogP contribution is -2.13. The number of benzene rings is 3. The predicted molar refractivity (Wildman–Crippen MR) is 123 cm³/mol. The molecular formula is C24H17F2N3O3S. The van der Waals surface area contributed by atoms with Crippen LogP contribution in [0.1, 0.15) is 5.56 Å². The molecule has 4 aromatic rings. The second kappa shape index (κ2) is 9.17. The number of hydrogen-bond acceptors (Lipinski definition) is 4. The predicted octanol–water partition coefficient (Wildman–Crippen LogP) is 4.97. The SMILES string of the molecule is O=C(/C=C/c1cccc2cccnc12)Nc1ccc(NS(=O)(=O)c2ccc(F)c(F)c2)cc1. The number of fused-ring (bicyclic) bond motifs is 1. The lowest BCUT2D eigenvalue weighted by molar-refractivity contribution is -0.111. The van der Waals surface area contributed by atoms with Gasteiger partial charge in [0, 0.05) is 34.6 Å². The van der Waals surface area contributed by atoms with E-state index in [1.54, 1.807) is 12.3 Å². The van der Waals surface area contributed by atoms with Gasteiger partial charge in [0.2, 0.25) is 5.91 Å². The van der Waals surface area contributed by atoms with Gasteiger partial charge in [0.15, 0.2) is 11.6 Å². The minimum absolute atomic E-state index is 0.190. The van der Waals surface area contributed by atoms with E-state index >= 15 is 0 Å². The Morgan fingerprint density at radius 1 is 0.879 bits per heavy atom. The van der Waals surface area contributed by atoms with Crippen molar-refractivity contribution in [1.29, 1.82) is 0 Å². The number of anilines is 2. The molecule has 0 aliphatic heterocycles. The molecule has 0 aliphatic carbocycles. The van der Waals surface area contributed by atoms with Gasteiger partial charge in [-0.25, -0.2) is 17.2 Å². The first-order chi connectivity index (χ1) is 15.8. The van der Waals surface area contributed by atoms with E-state index in [9.17, 15) is 22.0 Å². The highest BCUT2D eigenvalue weighted by Crippen LogP contribution is 2.21. The Labute approximate surface area is 188 Å². The molecule has 9 heteroatoms. The molecule has 0 bridgehead atoms. The van der Waals surface area contributed by atoms with Crippen molar-refractivity contribution in [3.63, 3.8) is 0 Å². The highest BCUT2D eigenvalue weighted by atomic mass is 32.2. The van der Waals surface area contributed by atoms with E-state index in [1.807, 2.05) is 30.3 Å². The van der Waals surface area contributed by atoms with Gasteiger partial charge in [-0.1, -0.05) is 24.3 Å². The van der Waals surface area contributed by atoms with Gasteiger partial charge in [-0.05, 0) is 54.6 Å². The molecular weight excluding hydrogens is 448 g/mol. The number of carbonyl (C=O) groups is 1. The molecule has 0 spiro atoms. The van der Waals surface area contributed by atoms with Crippen molar-refractivity contribution in [2.75, 3.05) is 10.0 Å². The summed E-state index contributed by atoms with van der Waals surface area (Å²) in [4.78, 5) is 16.2. The lowest BCUT2D eigenvalue weighted by atomic mass is 10.1. The Morgan fingerprint density at radius 2 is 1.61 bits per heavy atom. The summed E-state index contributed by atoms with van der Waals surface area (Å²) in [5.74, 6) is -2.78. The Bertz CT molecular complexity index is 1470. The van der Waals surface area contributed by atoms with E-state index < -0.39 is 26.6 Å². The fraction of sp³-hybridized carbons (Fsp3) is 0. The van der Waals surface area contributed by atoms with Crippen LogP contribution >= 0.6 is 0 Å².